The molecule has 9 heteroatoms. The lowest BCUT2D eigenvalue weighted by Gasteiger charge is -2.42. The van der Waals surface area contributed by atoms with Crippen LogP contribution < -0.4 is 15.7 Å². The molecular weight excluding hydrogens is 520 g/mol. The summed E-state index contributed by atoms with van der Waals surface area (Å²) in [5.41, 5.74) is 5.76. The maximum atomic E-state index is 12.7. The van der Waals surface area contributed by atoms with Crippen molar-refractivity contribution < 1.29 is 9.53 Å². The predicted octanol–water partition coefficient (Wildman–Crippen LogP) is 5.11. The largest absolute Gasteiger partial charge is 0.496 e. The summed E-state index contributed by atoms with van der Waals surface area (Å²) in [5, 5.41) is 5.50. The van der Waals surface area contributed by atoms with E-state index in [9.17, 15) is 9.59 Å². The Bertz CT molecular complexity index is 1610. The van der Waals surface area contributed by atoms with Crippen molar-refractivity contribution in [2.45, 2.75) is 25.4 Å². The Morgan fingerprint density at radius 2 is 2.03 bits per heavy atom. The molecule has 1 N–H and O–H groups in total. The smallest absolute Gasteiger partial charge is 0.283 e. The molecule has 7 nitrogen and oxygen atoms in total. The number of methoxy groups -OCH3 is 1. The van der Waals surface area contributed by atoms with Crippen LogP contribution >= 0.6 is 22.9 Å². The Labute approximate surface area is 229 Å². The molecule has 4 heterocycles. The van der Waals surface area contributed by atoms with Gasteiger partial charge in [0, 0.05) is 59.5 Å². The van der Waals surface area contributed by atoms with Gasteiger partial charge in [0.2, 0.25) is 0 Å². The van der Waals surface area contributed by atoms with E-state index in [1.54, 1.807) is 19.4 Å². The van der Waals surface area contributed by atoms with Crippen molar-refractivity contribution in [1.29, 1.82) is 0 Å². The third-order valence-electron chi connectivity index (χ3n) is 7.37. The molecule has 0 saturated carbocycles. The highest BCUT2D eigenvalue weighted by Crippen LogP contribution is 2.37. The summed E-state index contributed by atoms with van der Waals surface area (Å²) >= 11 is 7.78. The molecule has 2 aromatic heterocycles. The number of carbonyl (C=O) groups excluding carboxylic acids is 1. The van der Waals surface area contributed by atoms with E-state index in [-0.39, 0.29) is 11.5 Å². The van der Waals surface area contributed by atoms with Crippen molar-refractivity contribution >= 4 is 45.1 Å². The average Bonchev–Trinajstić information content (AvgIpc) is 3.26. The highest BCUT2D eigenvalue weighted by molar-refractivity contribution is 7.21. The maximum absolute atomic E-state index is 12.7. The summed E-state index contributed by atoms with van der Waals surface area (Å²) in [5.74, 6) is 1.28. The second kappa shape index (κ2) is 10.4. The fraction of sp³-hybridized carbons (Fsp3) is 0.276. The van der Waals surface area contributed by atoms with Crippen LogP contribution in [0, 0.1) is 5.92 Å². The van der Waals surface area contributed by atoms with Gasteiger partial charge in [-0.3, -0.25) is 14.5 Å². The van der Waals surface area contributed by atoms with Crippen molar-refractivity contribution in [2.24, 2.45) is 11.0 Å². The van der Waals surface area contributed by atoms with Gasteiger partial charge in [-0.1, -0.05) is 35.9 Å². The molecule has 6 rings (SSSR count). The van der Waals surface area contributed by atoms with E-state index < -0.39 is 0 Å². The number of halogens is 1. The molecule has 0 aliphatic carbocycles. The number of pyridine rings is 1. The Hall–Kier alpha value is -3.46. The van der Waals surface area contributed by atoms with Gasteiger partial charge in [-0.15, -0.1) is 11.3 Å². The quantitative estimate of drug-likeness (QED) is 0.269. The van der Waals surface area contributed by atoms with Gasteiger partial charge in [0.05, 0.1) is 18.3 Å². The third kappa shape index (κ3) is 4.75. The van der Waals surface area contributed by atoms with E-state index in [2.05, 4.69) is 21.5 Å². The first kappa shape index (κ1) is 24.9. The number of nitrogens with zero attached hydrogens (tertiary/aromatic N) is 3. The van der Waals surface area contributed by atoms with Gasteiger partial charge in [0.15, 0.2) is 0 Å². The monoisotopic (exact) mass is 546 g/mol. The van der Waals surface area contributed by atoms with Gasteiger partial charge in [-0.2, -0.15) is 5.10 Å². The van der Waals surface area contributed by atoms with Crippen LogP contribution in [0.15, 0.2) is 70.6 Å². The fourth-order valence-electron chi connectivity index (χ4n) is 5.74. The van der Waals surface area contributed by atoms with Crippen LogP contribution in [-0.2, 0) is 13.1 Å². The van der Waals surface area contributed by atoms with Crippen molar-refractivity contribution in [3.8, 4) is 5.75 Å². The normalized spacial score (nSPS) is 19.0. The molecule has 2 bridgehead atoms. The summed E-state index contributed by atoms with van der Waals surface area (Å²) in [7, 11) is 1.68. The highest BCUT2D eigenvalue weighted by Gasteiger charge is 2.34. The van der Waals surface area contributed by atoms with Crippen molar-refractivity contribution in [2.75, 3.05) is 20.2 Å². The number of ether oxygens (including phenoxy) is 1. The zero-order valence-electron chi connectivity index (χ0n) is 20.9. The lowest BCUT2D eigenvalue weighted by atomic mass is 9.83. The number of rotatable bonds is 6. The number of carbonyl (C=O) groups is 1. The van der Waals surface area contributed by atoms with Gasteiger partial charge < -0.3 is 9.30 Å². The third-order valence-corrected chi connectivity index (χ3v) is 9.05. The maximum Gasteiger partial charge on any atom is 0.283 e. The molecule has 2 aliphatic rings. The first-order valence-electron chi connectivity index (χ1n) is 12.6. The number of amides is 1. The van der Waals surface area contributed by atoms with Gasteiger partial charge in [-0.05, 0) is 48.2 Å². The van der Waals surface area contributed by atoms with Crippen LogP contribution in [0.5, 0.6) is 5.75 Å². The molecule has 4 aromatic rings. The molecule has 0 spiro atoms. The van der Waals surface area contributed by atoms with Crippen LogP contribution in [0.3, 0.4) is 0 Å². The van der Waals surface area contributed by atoms with Crippen LogP contribution in [0.4, 0.5) is 0 Å². The summed E-state index contributed by atoms with van der Waals surface area (Å²) < 4.78 is 8.57. The molecule has 2 atom stereocenters. The second-order valence-corrected chi connectivity index (χ2v) is 11.3. The number of aromatic nitrogens is 1. The van der Waals surface area contributed by atoms with E-state index in [4.69, 9.17) is 16.3 Å². The molecule has 1 fully saturated rings. The number of thiophene rings is 1. The molecule has 2 aromatic carbocycles. The van der Waals surface area contributed by atoms with Gasteiger partial charge in [0.25, 0.3) is 11.5 Å². The van der Waals surface area contributed by atoms with Crippen LogP contribution in [0.1, 0.15) is 38.8 Å². The minimum absolute atomic E-state index is 0.0982. The van der Waals surface area contributed by atoms with Gasteiger partial charge in [-0.25, -0.2) is 5.43 Å². The second-order valence-electron chi connectivity index (χ2n) is 9.90. The molecule has 1 amide bonds. The number of hydrogen-bond donors (Lipinski definition) is 1. The number of hydrogen-bond acceptors (Lipinski definition) is 6. The Morgan fingerprint density at radius 3 is 2.87 bits per heavy atom. The van der Waals surface area contributed by atoms with E-state index in [0.29, 0.717) is 21.7 Å². The number of fused-ring (bicyclic) bond motifs is 5. The molecule has 194 valence electrons. The topological polar surface area (TPSA) is 75.9 Å². The number of piperidine rings is 1. The van der Waals surface area contributed by atoms with Gasteiger partial charge >= 0.3 is 0 Å². The van der Waals surface area contributed by atoms with Crippen LogP contribution in [0.25, 0.3) is 10.1 Å². The molecule has 38 heavy (non-hydrogen) atoms. The van der Waals surface area contributed by atoms with Crippen LogP contribution in [-0.4, -0.2) is 41.8 Å². The zero-order valence-corrected chi connectivity index (χ0v) is 22.5. The molecule has 0 radical (unpaired) electrons. The van der Waals surface area contributed by atoms with Crippen LogP contribution in [0.2, 0.25) is 5.02 Å². The number of benzene rings is 2. The van der Waals surface area contributed by atoms with Gasteiger partial charge in [0.1, 0.15) is 10.6 Å². The van der Waals surface area contributed by atoms with E-state index in [0.717, 1.165) is 65.3 Å². The van der Waals surface area contributed by atoms with Crippen molar-refractivity contribution in [1.82, 2.24) is 14.9 Å². The van der Waals surface area contributed by atoms with E-state index >= 15 is 0 Å². The average molecular weight is 547 g/mol. The Kier molecular flexibility index (Phi) is 6.78. The first-order chi connectivity index (χ1) is 18.5. The lowest BCUT2D eigenvalue weighted by Crippen LogP contribution is -2.46. The molecular formula is C29H27ClN4O3S. The summed E-state index contributed by atoms with van der Waals surface area (Å²) in [6.45, 7) is 3.34. The number of hydrazone groups is 1. The first-order valence-corrected chi connectivity index (χ1v) is 13.8. The van der Waals surface area contributed by atoms with Crippen molar-refractivity contribution in [3.05, 3.63) is 97.7 Å². The number of likely N-dealkylation sites (tertiary alicyclic amines) is 1. The molecule has 2 aliphatic heterocycles. The van der Waals surface area contributed by atoms with Crippen molar-refractivity contribution in [3.63, 3.8) is 0 Å². The number of nitrogens with one attached hydrogen (secondary N) is 1. The SMILES string of the molecule is COc1ccc(/C=N/NC(=O)c2sc3ccccc3c2Cl)cc1CN1CC2CC(C1)c1cccc(=O)n1C2. The minimum Gasteiger partial charge on any atom is -0.496 e. The summed E-state index contributed by atoms with van der Waals surface area (Å²) in [4.78, 5) is 27.9. The summed E-state index contributed by atoms with van der Waals surface area (Å²) in [6.07, 6.45) is 2.75. The summed E-state index contributed by atoms with van der Waals surface area (Å²) in [6, 6.07) is 19.2. The zero-order chi connectivity index (χ0) is 26.2. The highest BCUT2D eigenvalue weighted by atomic mass is 35.5. The predicted molar refractivity (Wildman–Crippen MR) is 152 cm³/mol. The Morgan fingerprint density at radius 1 is 1.16 bits per heavy atom. The van der Waals surface area contributed by atoms with E-state index in [1.807, 2.05) is 53.1 Å². The fourth-order valence-corrected chi connectivity index (χ4v) is 7.15. The standard InChI is InChI=1S/C29H27ClN4O3S/c1-37-24-10-9-18(13-31-32-29(36)28-27(30)22-5-2-3-7-25(22)38-28)11-21(24)17-33-14-19-12-20(16-33)23-6-4-8-26(35)34(23)15-19/h2-11,13,19-20H,12,14-17H2,1H3,(H,32,36)/b31-13+. The molecule has 1 saturated heterocycles. The molecule has 2 unspecified atom stereocenters. The Balaban J connectivity index is 1.16. The lowest BCUT2D eigenvalue weighted by molar-refractivity contribution is 0.0959. The minimum atomic E-state index is -0.333. The van der Waals surface area contributed by atoms with E-state index in [1.165, 1.54) is 11.3 Å².